The highest BCUT2D eigenvalue weighted by atomic mass is 19.4. The molecule has 3 rings (SSSR count). The van der Waals surface area contributed by atoms with Gasteiger partial charge >= 0.3 is 6.18 Å². The first-order chi connectivity index (χ1) is 16.9. The zero-order valence-electron chi connectivity index (χ0n) is 24.1. The van der Waals surface area contributed by atoms with E-state index < -0.39 is 23.9 Å². The lowest BCUT2D eigenvalue weighted by Gasteiger charge is -2.38. The Balaban J connectivity index is 0.00000190. The number of nitrogens with zero attached hydrogens (tertiary/aromatic N) is 1. The van der Waals surface area contributed by atoms with Gasteiger partial charge in [-0.2, -0.15) is 13.2 Å². The van der Waals surface area contributed by atoms with Crippen molar-refractivity contribution in [1.82, 2.24) is 4.98 Å². The van der Waals surface area contributed by atoms with Crippen LogP contribution >= 0.6 is 0 Å². The predicted octanol–water partition coefficient (Wildman–Crippen LogP) is 9.09. The summed E-state index contributed by atoms with van der Waals surface area (Å²) in [4.78, 5) is 4.87. The van der Waals surface area contributed by atoms with Gasteiger partial charge in [0.1, 0.15) is 6.10 Å². The molecular formula is C30H48F3NO2. The van der Waals surface area contributed by atoms with Crippen molar-refractivity contribution in [3.8, 4) is 0 Å². The quantitative estimate of drug-likeness (QED) is 0.430. The number of pyridine rings is 1. The number of alkyl halides is 3. The minimum Gasteiger partial charge on any atom is -0.388 e. The van der Waals surface area contributed by atoms with E-state index >= 15 is 0 Å². The molecule has 2 N–H and O–H groups in total. The first kappa shape index (κ1) is 34.1. The summed E-state index contributed by atoms with van der Waals surface area (Å²) in [6, 6.07) is 4.58. The number of aliphatic hydroxyl groups excluding tert-OH is 2. The van der Waals surface area contributed by atoms with E-state index in [1.54, 1.807) is 0 Å². The minimum atomic E-state index is -4.42. The molecule has 0 bridgehead atoms. The lowest BCUT2D eigenvalue weighted by atomic mass is 9.70. The van der Waals surface area contributed by atoms with Crippen LogP contribution in [0.25, 0.3) is 0 Å². The number of aliphatic hydroxyl groups is 2. The summed E-state index contributed by atoms with van der Waals surface area (Å²) in [6.07, 6.45) is -3.91. The Labute approximate surface area is 217 Å². The second-order valence-electron chi connectivity index (χ2n) is 9.13. The molecule has 2 unspecified atom stereocenters. The van der Waals surface area contributed by atoms with Gasteiger partial charge in [0.05, 0.1) is 11.7 Å². The van der Waals surface area contributed by atoms with Crippen LogP contribution in [-0.4, -0.2) is 15.2 Å². The molecule has 3 atom stereocenters. The fourth-order valence-electron chi connectivity index (χ4n) is 4.52. The van der Waals surface area contributed by atoms with E-state index in [-0.39, 0.29) is 11.3 Å². The number of aromatic nitrogens is 1. The molecule has 0 amide bonds. The largest absolute Gasteiger partial charge is 0.416 e. The molecule has 2 aromatic rings. The van der Waals surface area contributed by atoms with Crippen LogP contribution in [-0.2, 0) is 12.6 Å². The molecule has 0 saturated carbocycles. The summed E-state index contributed by atoms with van der Waals surface area (Å²) in [7, 11) is 0. The van der Waals surface area contributed by atoms with Crippen molar-refractivity contribution in [3.05, 3.63) is 63.5 Å². The highest BCUT2D eigenvalue weighted by Crippen LogP contribution is 2.46. The third kappa shape index (κ3) is 7.79. The number of fused-ring (bicyclic) bond motifs is 1. The van der Waals surface area contributed by atoms with E-state index in [9.17, 15) is 23.4 Å². The SMILES string of the molecule is CC.CC.CC.CCC1(C)Cc2nc(C(C)C)c([C@@H](O)c3ccc(C(F)(F)F)cc3)c(C)c2C(O)C1. The van der Waals surface area contributed by atoms with Crippen LogP contribution in [0.4, 0.5) is 13.2 Å². The van der Waals surface area contributed by atoms with Crippen molar-refractivity contribution in [2.24, 2.45) is 5.41 Å². The smallest absolute Gasteiger partial charge is 0.388 e. The average Bonchev–Trinajstić information content (AvgIpc) is 2.86. The summed E-state index contributed by atoms with van der Waals surface area (Å²) in [5, 5.41) is 22.0. The third-order valence-electron chi connectivity index (χ3n) is 6.49. The maximum Gasteiger partial charge on any atom is 0.416 e. The molecule has 0 spiro atoms. The topological polar surface area (TPSA) is 53.4 Å². The second kappa shape index (κ2) is 14.7. The van der Waals surface area contributed by atoms with Gasteiger partial charge in [0.25, 0.3) is 0 Å². The molecule has 1 heterocycles. The molecule has 0 fully saturated rings. The van der Waals surface area contributed by atoms with E-state index in [1.165, 1.54) is 12.1 Å². The summed E-state index contributed by atoms with van der Waals surface area (Å²) in [5.74, 6) is 0.0139. The van der Waals surface area contributed by atoms with Crippen LogP contribution in [0.5, 0.6) is 0 Å². The molecule has 36 heavy (non-hydrogen) atoms. The zero-order valence-corrected chi connectivity index (χ0v) is 24.1. The van der Waals surface area contributed by atoms with Crippen molar-refractivity contribution in [3.63, 3.8) is 0 Å². The lowest BCUT2D eigenvalue weighted by Crippen LogP contribution is -2.31. The van der Waals surface area contributed by atoms with Crippen LogP contribution in [0.3, 0.4) is 0 Å². The molecule has 1 aliphatic carbocycles. The van der Waals surface area contributed by atoms with Gasteiger partial charge in [0, 0.05) is 22.5 Å². The van der Waals surface area contributed by atoms with E-state index in [2.05, 4.69) is 13.8 Å². The Kier molecular flexibility index (Phi) is 13.9. The minimum absolute atomic E-state index is 0.0139. The molecule has 1 aromatic carbocycles. The van der Waals surface area contributed by atoms with Gasteiger partial charge in [-0.05, 0) is 54.4 Å². The second-order valence-corrected chi connectivity index (χ2v) is 9.13. The number of rotatable bonds is 4. The molecule has 3 nitrogen and oxygen atoms in total. The first-order valence-corrected chi connectivity index (χ1v) is 13.4. The van der Waals surface area contributed by atoms with Crippen molar-refractivity contribution in [2.75, 3.05) is 0 Å². The number of benzene rings is 1. The van der Waals surface area contributed by atoms with Gasteiger partial charge in [-0.25, -0.2) is 0 Å². The third-order valence-corrected chi connectivity index (χ3v) is 6.49. The Hall–Kier alpha value is -1.92. The van der Waals surface area contributed by atoms with E-state index in [1.807, 2.05) is 62.3 Å². The van der Waals surface area contributed by atoms with Crippen molar-refractivity contribution < 1.29 is 23.4 Å². The normalized spacial score (nSPS) is 19.5. The van der Waals surface area contributed by atoms with Gasteiger partial charge in [-0.15, -0.1) is 0 Å². The van der Waals surface area contributed by atoms with Crippen LogP contribution in [0, 0.1) is 12.3 Å². The highest BCUT2D eigenvalue weighted by Gasteiger charge is 2.38. The van der Waals surface area contributed by atoms with Crippen LogP contribution < -0.4 is 0 Å². The summed E-state index contributed by atoms with van der Waals surface area (Å²) in [6.45, 7) is 22.1. The maximum absolute atomic E-state index is 12.9. The van der Waals surface area contributed by atoms with Gasteiger partial charge < -0.3 is 10.2 Å². The molecule has 0 aliphatic heterocycles. The highest BCUT2D eigenvalue weighted by molar-refractivity contribution is 5.48. The summed E-state index contributed by atoms with van der Waals surface area (Å²) < 4.78 is 38.7. The predicted molar refractivity (Wildman–Crippen MR) is 144 cm³/mol. The summed E-state index contributed by atoms with van der Waals surface area (Å²) >= 11 is 0. The van der Waals surface area contributed by atoms with Crippen molar-refractivity contribution >= 4 is 0 Å². The molecule has 0 saturated heterocycles. The van der Waals surface area contributed by atoms with Gasteiger partial charge in [-0.3, -0.25) is 4.98 Å². The fraction of sp³-hybridized carbons (Fsp3) is 0.633. The van der Waals surface area contributed by atoms with E-state index in [4.69, 9.17) is 4.98 Å². The van der Waals surface area contributed by atoms with Gasteiger partial charge in [-0.1, -0.05) is 87.8 Å². The Morgan fingerprint density at radius 3 is 1.94 bits per heavy atom. The molecule has 0 radical (unpaired) electrons. The maximum atomic E-state index is 12.9. The van der Waals surface area contributed by atoms with Crippen molar-refractivity contribution in [1.29, 1.82) is 0 Å². The zero-order chi connectivity index (χ0) is 28.4. The van der Waals surface area contributed by atoms with E-state index in [0.29, 0.717) is 17.5 Å². The number of hydrogen-bond donors (Lipinski definition) is 2. The monoisotopic (exact) mass is 511 g/mol. The van der Waals surface area contributed by atoms with Crippen LogP contribution in [0.1, 0.15) is 139 Å². The molecule has 1 aliphatic rings. The molecular weight excluding hydrogens is 463 g/mol. The number of halogens is 3. The van der Waals surface area contributed by atoms with Gasteiger partial charge in [0.15, 0.2) is 0 Å². The Morgan fingerprint density at radius 1 is 1.03 bits per heavy atom. The van der Waals surface area contributed by atoms with Crippen LogP contribution in [0.15, 0.2) is 24.3 Å². The molecule has 206 valence electrons. The van der Waals surface area contributed by atoms with Gasteiger partial charge in [0.2, 0.25) is 0 Å². The lowest BCUT2D eigenvalue weighted by molar-refractivity contribution is -0.137. The number of hydrogen-bond acceptors (Lipinski definition) is 3. The fourth-order valence-corrected chi connectivity index (χ4v) is 4.52. The Morgan fingerprint density at radius 2 is 1.53 bits per heavy atom. The molecule has 6 heteroatoms. The first-order valence-electron chi connectivity index (χ1n) is 13.4. The Bertz CT molecular complexity index is 923. The standard InChI is InChI=1S/C24H30F3NO2.3C2H6/c1-6-23(5)11-17-19(18(29)12-23)14(4)20(21(28-17)13(2)3)22(30)15-7-9-16(10-8-15)24(25,26)27;3*1-2/h7-10,13,18,22,29-30H,6,11-12H2,1-5H3;3*1-2H3/t18?,22-,23?;;;/m0.../s1. The van der Waals surface area contributed by atoms with Crippen LogP contribution in [0.2, 0.25) is 0 Å². The summed E-state index contributed by atoms with van der Waals surface area (Å²) in [5.41, 5.74) is 3.30. The van der Waals surface area contributed by atoms with Crippen molar-refractivity contribution in [2.45, 2.75) is 120 Å². The average molecular weight is 512 g/mol. The molecule has 1 aromatic heterocycles. The van der Waals surface area contributed by atoms with E-state index in [0.717, 1.165) is 47.5 Å².